The lowest BCUT2D eigenvalue weighted by atomic mass is 9.81. The molecule has 1 aliphatic heterocycles. The zero-order chi connectivity index (χ0) is 17.1. The molecule has 0 aromatic carbocycles. The van der Waals surface area contributed by atoms with Crippen molar-refractivity contribution in [2.24, 2.45) is 23.2 Å². The van der Waals surface area contributed by atoms with E-state index in [9.17, 15) is 14.7 Å². The molecule has 1 amide bonds. The molecule has 0 radical (unpaired) electrons. The molecule has 0 saturated carbocycles. The molecule has 1 N–H and O–H groups in total. The number of carbonyl (C=O) groups is 2. The van der Waals surface area contributed by atoms with Gasteiger partial charge in [-0.1, -0.05) is 48.0 Å². The smallest absolute Gasteiger partial charge is 0.326 e. The van der Waals surface area contributed by atoms with Crippen LogP contribution in [0.4, 0.5) is 0 Å². The zero-order valence-electron chi connectivity index (χ0n) is 15.1. The molecule has 0 spiro atoms. The van der Waals surface area contributed by atoms with Crippen LogP contribution in [0.2, 0.25) is 0 Å². The summed E-state index contributed by atoms with van der Waals surface area (Å²) in [4.78, 5) is 26.2. The SMILES string of the molecule is CCC1CC(C(=O)O)N(C(=O)C(C)CC(C)C)CC(C)(C)C1. The summed E-state index contributed by atoms with van der Waals surface area (Å²) in [6.45, 7) is 13.1. The summed E-state index contributed by atoms with van der Waals surface area (Å²) in [5.41, 5.74) is -0.0297. The number of carboxylic acids is 1. The van der Waals surface area contributed by atoms with E-state index >= 15 is 0 Å². The second-order valence-corrected chi connectivity index (χ2v) is 8.23. The van der Waals surface area contributed by atoms with Crippen LogP contribution in [0.25, 0.3) is 0 Å². The molecule has 1 saturated heterocycles. The second kappa shape index (κ2) is 7.47. The van der Waals surface area contributed by atoms with E-state index in [0.717, 1.165) is 19.3 Å². The molecule has 1 aliphatic rings. The lowest BCUT2D eigenvalue weighted by molar-refractivity contribution is -0.153. The van der Waals surface area contributed by atoms with Crippen LogP contribution in [0.15, 0.2) is 0 Å². The maximum absolute atomic E-state index is 12.8. The van der Waals surface area contributed by atoms with Gasteiger partial charge < -0.3 is 10.0 Å². The summed E-state index contributed by atoms with van der Waals surface area (Å²) >= 11 is 0. The van der Waals surface area contributed by atoms with Gasteiger partial charge in [0, 0.05) is 12.5 Å². The Bertz CT molecular complexity index is 403. The largest absolute Gasteiger partial charge is 0.480 e. The van der Waals surface area contributed by atoms with E-state index in [1.165, 1.54) is 0 Å². The van der Waals surface area contributed by atoms with Crippen LogP contribution < -0.4 is 0 Å². The van der Waals surface area contributed by atoms with E-state index < -0.39 is 12.0 Å². The normalized spacial score (nSPS) is 26.6. The molecular formula is C18H33NO3. The van der Waals surface area contributed by atoms with Crippen LogP contribution in [0.3, 0.4) is 0 Å². The molecule has 128 valence electrons. The van der Waals surface area contributed by atoms with Crippen molar-refractivity contribution in [2.75, 3.05) is 6.54 Å². The molecule has 1 rings (SSSR count). The number of rotatable bonds is 5. The molecule has 0 bridgehead atoms. The highest BCUT2D eigenvalue weighted by Gasteiger charge is 2.41. The number of carbonyl (C=O) groups excluding carboxylic acids is 1. The van der Waals surface area contributed by atoms with E-state index in [-0.39, 0.29) is 17.2 Å². The lowest BCUT2D eigenvalue weighted by Crippen LogP contribution is -2.49. The average Bonchev–Trinajstić information content (AvgIpc) is 2.52. The van der Waals surface area contributed by atoms with Crippen LogP contribution in [0, 0.1) is 23.2 Å². The van der Waals surface area contributed by atoms with E-state index in [0.29, 0.717) is 24.8 Å². The van der Waals surface area contributed by atoms with Crippen molar-refractivity contribution in [2.45, 2.75) is 73.3 Å². The molecule has 4 heteroatoms. The third-order valence-corrected chi connectivity index (χ3v) is 4.76. The van der Waals surface area contributed by atoms with Gasteiger partial charge in [-0.25, -0.2) is 4.79 Å². The van der Waals surface area contributed by atoms with Gasteiger partial charge in [0.1, 0.15) is 6.04 Å². The molecule has 0 aromatic heterocycles. The lowest BCUT2D eigenvalue weighted by Gasteiger charge is -2.34. The molecular weight excluding hydrogens is 278 g/mol. The Hall–Kier alpha value is -1.06. The minimum atomic E-state index is -0.860. The summed E-state index contributed by atoms with van der Waals surface area (Å²) in [5.74, 6) is -0.164. The highest BCUT2D eigenvalue weighted by atomic mass is 16.4. The Balaban J connectivity index is 3.04. The third kappa shape index (κ3) is 4.99. The van der Waals surface area contributed by atoms with Crippen molar-refractivity contribution in [3.05, 3.63) is 0 Å². The van der Waals surface area contributed by atoms with Crippen LogP contribution in [-0.4, -0.2) is 34.5 Å². The standard InChI is InChI=1S/C18H33NO3/c1-7-14-9-15(17(21)22)19(11-18(5,6)10-14)16(20)13(4)8-12(2)3/h12-15H,7-11H2,1-6H3,(H,21,22). The fourth-order valence-electron chi connectivity index (χ4n) is 3.81. The van der Waals surface area contributed by atoms with Crippen molar-refractivity contribution < 1.29 is 14.7 Å². The maximum Gasteiger partial charge on any atom is 0.326 e. The van der Waals surface area contributed by atoms with Crippen molar-refractivity contribution in [1.29, 1.82) is 0 Å². The number of hydrogen-bond acceptors (Lipinski definition) is 2. The van der Waals surface area contributed by atoms with Gasteiger partial charge in [0.15, 0.2) is 0 Å². The molecule has 22 heavy (non-hydrogen) atoms. The van der Waals surface area contributed by atoms with Gasteiger partial charge in [0.05, 0.1) is 0 Å². The first-order valence-corrected chi connectivity index (χ1v) is 8.60. The Kier molecular flexibility index (Phi) is 6.45. The van der Waals surface area contributed by atoms with Gasteiger partial charge >= 0.3 is 5.97 Å². The molecule has 1 fully saturated rings. The summed E-state index contributed by atoms with van der Waals surface area (Å²) in [6.07, 6.45) is 3.33. The Morgan fingerprint density at radius 3 is 2.32 bits per heavy atom. The zero-order valence-corrected chi connectivity index (χ0v) is 15.1. The highest BCUT2D eigenvalue weighted by molar-refractivity contribution is 5.85. The molecule has 1 heterocycles. The first-order valence-electron chi connectivity index (χ1n) is 8.60. The molecule has 4 nitrogen and oxygen atoms in total. The summed E-state index contributed by atoms with van der Waals surface area (Å²) in [6, 6.07) is -0.672. The monoisotopic (exact) mass is 311 g/mol. The molecule has 3 unspecified atom stereocenters. The van der Waals surface area contributed by atoms with E-state index in [1.54, 1.807) is 4.90 Å². The van der Waals surface area contributed by atoms with Gasteiger partial charge in [-0.15, -0.1) is 0 Å². The van der Waals surface area contributed by atoms with Gasteiger partial charge in [-0.2, -0.15) is 0 Å². The van der Waals surface area contributed by atoms with E-state index in [2.05, 4.69) is 34.6 Å². The molecule has 0 aromatic rings. The maximum atomic E-state index is 12.8. The van der Waals surface area contributed by atoms with E-state index in [4.69, 9.17) is 0 Å². The number of amides is 1. The van der Waals surface area contributed by atoms with Crippen molar-refractivity contribution in [1.82, 2.24) is 4.90 Å². The number of hydrogen-bond donors (Lipinski definition) is 1. The minimum absolute atomic E-state index is 0.00549. The fourth-order valence-corrected chi connectivity index (χ4v) is 3.81. The van der Waals surface area contributed by atoms with Crippen LogP contribution in [-0.2, 0) is 9.59 Å². The number of likely N-dealkylation sites (tertiary alicyclic amines) is 1. The van der Waals surface area contributed by atoms with E-state index in [1.807, 2.05) is 6.92 Å². The minimum Gasteiger partial charge on any atom is -0.480 e. The Morgan fingerprint density at radius 1 is 1.27 bits per heavy atom. The molecule has 0 aliphatic carbocycles. The second-order valence-electron chi connectivity index (χ2n) is 8.23. The van der Waals surface area contributed by atoms with Gasteiger partial charge in [0.25, 0.3) is 0 Å². The third-order valence-electron chi connectivity index (χ3n) is 4.76. The number of carboxylic acid groups (broad SMARTS) is 1. The first-order chi connectivity index (χ1) is 10.1. The average molecular weight is 311 g/mol. The summed E-state index contributed by atoms with van der Waals surface area (Å²) < 4.78 is 0. The van der Waals surface area contributed by atoms with Gasteiger partial charge in [0.2, 0.25) is 5.91 Å². The van der Waals surface area contributed by atoms with Crippen molar-refractivity contribution in [3.63, 3.8) is 0 Å². The topological polar surface area (TPSA) is 57.6 Å². The van der Waals surface area contributed by atoms with Crippen LogP contribution in [0.5, 0.6) is 0 Å². The first kappa shape index (κ1) is 19.0. The van der Waals surface area contributed by atoms with Crippen molar-refractivity contribution in [3.8, 4) is 0 Å². The highest BCUT2D eigenvalue weighted by Crippen LogP contribution is 2.36. The van der Waals surface area contributed by atoms with Crippen LogP contribution in [0.1, 0.15) is 67.2 Å². The quantitative estimate of drug-likeness (QED) is 0.840. The summed E-state index contributed by atoms with van der Waals surface area (Å²) in [5, 5.41) is 9.64. The predicted molar refractivity (Wildman–Crippen MR) is 88.6 cm³/mol. The Labute approximate surface area is 135 Å². The summed E-state index contributed by atoms with van der Waals surface area (Å²) in [7, 11) is 0. The molecule has 3 atom stereocenters. The fraction of sp³-hybridized carbons (Fsp3) is 0.889. The number of nitrogens with zero attached hydrogens (tertiary/aromatic N) is 1. The van der Waals surface area contributed by atoms with Crippen molar-refractivity contribution >= 4 is 11.9 Å². The van der Waals surface area contributed by atoms with Gasteiger partial charge in [-0.3, -0.25) is 4.79 Å². The number of aliphatic carboxylic acids is 1. The van der Waals surface area contributed by atoms with Crippen LogP contribution >= 0.6 is 0 Å². The predicted octanol–water partition coefficient (Wildman–Crippen LogP) is 3.80. The van der Waals surface area contributed by atoms with Gasteiger partial charge in [-0.05, 0) is 36.5 Å². The Morgan fingerprint density at radius 2 is 1.86 bits per heavy atom.